The van der Waals surface area contributed by atoms with Crippen molar-refractivity contribution < 1.29 is 4.74 Å². The molecule has 0 amide bonds. The summed E-state index contributed by atoms with van der Waals surface area (Å²) in [6.07, 6.45) is 0.910. The number of fused-ring (bicyclic) bond motifs is 1. The number of aryl methyl sites for hydroxylation is 1. The van der Waals surface area contributed by atoms with Gasteiger partial charge in [-0.3, -0.25) is 0 Å². The van der Waals surface area contributed by atoms with Crippen LogP contribution < -0.4 is 11.0 Å². The van der Waals surface area contributed by atoms with Crippen LogP contribution in [0.25, 0.3) is 5.65 Å². The van der Waals surface area contributed by atoms with Gasteiger partial charge in [-0.25, -0.2) is 19.3 Å². The zero-order chi connectivity index (χ0) is 13.0. The maximum atomic E-state index is 11.4. The molecule has 7 nitrogen and oxygen atoms in total. The summed E-state index contributed by atoms with van der Waals surface area (Å²) in [5.41, 5.74) is 0.303. The number of anilines is 1. The molecule has 0 fully saturated rings. The van der Waals surface area contributed by atoms with Crippen LogP contribution >= 0.6 is 0 Å². The van der Waals surface area contributed by atoms with E-state index in [9.17, 15) is 4.79 Å². The van der Waals surface area contributed by atoms with Crippen molar-refractivity contribution in [2.45, 2.75) is 20.3 Å². The molecule has 7 heteroatoms. The van der Waals surface area contributed by atoms with E-state index in [0.29, 0.717) is 11.5 Å². The number of hydrogen-bond acceptors (Lipinski definition) is 5. The fourth-order valence-corrected chi connectivity index (χ4v) is 1.72. The molecule has 0 atom stereocenters. The van der Waals surface area contributed by atoms with E-state index >= 15 is 0 Å². The normalized spacial score (nSPS) is 11.0. The summed E-state index contributed by atoms with van der Waals surface area (Å²) in [5, 5.41) is 9.50. The number of H-pyrrole nitrogens is 1. The predicted molar refractivity (Wildman–Crippen MR) is 67.9 cm³/mol. The summed E-state index contributed by atoms with van der Waals surface area (Å²) in [7, 11) is 0. The van der Waals surface area contributed by atoms with E-state index in [1.807, 2.05) is 6.92 Å². The van der Waals surface area contributed by atoms with E-state index in [1.165, 1.54) is 4.40 Å². The van der Waals surface area contributed by atoms with E-state index in [2.05, 4.69) is 20.5 Å². The molecule has 0 aliphatic heterocycles. The maximum Gasteiger partial charge on any atom is 0.349 e. The summed E-state index contributed by atoms with van der Waals surface area (Å²) in [5.74, 6) is 1.33. The predicted octanol–water partition coefficient (Wildman–Crippen LogP) is 0.565. The van der Waals surface area contributed by atoms with E-state index < -0.39 is 0 Å². The van der Waals surface area contributed by atoms with Gasteiger partial charge >= 0.3 is 5.69 Å². The fourth-order valence-electron chi connectivity index (χ4n) is 1.72. The topological polar surface area (TPSA) is 84.3 Å². The van der Waals surface area contributed by atoms with Crippen molar-refractivity contribution in [2.75, 3.05) is 25.1 Å². The highest BCUT2D eigenvalue weighted by Crippen LogP contribution is 2.07. The zero-order valence-corrected chi connectivity index (χ0v) is 10.6. The monoisotopic (exact) mass is 251 g/mol. The molecule has 2 N–H and O–H groups in total. The molecule has 2 heterocycles. The Morgan fingerprint density at radius 2 is 2.39 bits per heavy atom. The van der Waals surface area contributed by atoms with Crippen molar-refractivity contribution in [3.05, 3.63) is 22.4 Å². The van der Waals surface area contributed by atoms with Gasteiger partial charge in [-0.2, -0.15) is 5.10 Å². The molecule has 0 spiro atoms. The van der Waals surface area contributed by atoms with E-state index in [-0.39, 0.29) is 5.69 Å². The van der Waals surface area contributed by atoms with Crippen molar-refractivity contribution in [3.8, 4) is 0 Å². The average molecular weight is 251 g/mol. The molecule has 0 aromatic carbocycles. The second-order valence-electron chi connectivity index (χ2n) is 3.89. The number of nitrogens with zero attached hydrogens (tertiary/aromatic N) is 3. The molecule has 0 aliphatic carbocycles. The van der Waals surface area contributed by atoms with Gasteiger partial charge in [0.25, 0.3) is 0 Å². The Morgan fingerprint density at radius 1 is 1.56 bits per heavy atom. The van der Waals surface area contributed by atoms with Gasteiger partial charge in [-0.05, 0) is 20.3 Å². The molecule has 0 aliphatic rings. The Morgan fingerprint density at radius 3 is 3.17 bits per heavy atom. The van der Waals surface area contributed by atoms with Crippen molar-refractivity contribution >= 4 is 11.5 Å². The van der Waals surface area contributed by atoms with Crippen molar-refractivity contribution in [1.29, 1.82) is 0 Å². The Balaban J connectivity index is 2.03. The third kappa shape index (κ3) is 2.67. The van der Waals surface area contributed by atoms with Crippen LogP contribution in [0.4, 0.5) is 5.82 Å². The van der Waals surface area contributed by atoms with Gasteiger partial charge < -0.3 is 10.1 Å². The molecule has 0 saturated carbocycles. The highest BCUT2D eigenvalue weighted by Gasteiger charge is 2.06. The van der Waals surface area contributed by atoms with Gasteiger partial charge in [0.1, 0.15) is 11.6 Å². The van der Waals surface area contributed by atoms with Crippen molar-refractivity contribution in [1.82, 2.24) is 19.6 Å². The highest BCUT2D eigenvalue weighted by atomic mass is 16.5. The van der Waals surface area contributed by atoms with Gasteiger partial charge in [0.2, 0.25) is 0 Å². The molecule has 2 aromatic heterocycles. The fraction of sp³-hybridized carbons (Fsp3) is 0.545. The molecular formula is C11H17N5O2. The third-order valence-electron chi connectivity index (χ3n) is 2.55. The number of rotatable bonds is 6. The third-order valence-corrected chi connectivity index (χ3v) is 2.55. The first-order chi connectivity index (χ1) is 8.72. The van der Waals surface area contributed by atoms with Crippen LogP contribution in [0, 0.1) is 6.92 Å². The molecule has 0 saturated heterocycles. The minimum absolute atomic E-state index is 0.266. The standard InChI is InChI=1S/C11H17N5O2/c1-3-18-6-4-5-12-9-7-10-14-15-11(17)16(10)8(2)13-9/h7,12H,3-6H2,1-2H3,(H,15,17). The maximum absolute atomic E-state index is 11.4. The molecular weight excluding hydrogens is 234 g/mol. The minimum Gasteiger partial charge on any atom is -0.382 e. The Kier molecular flexibility index (Phi) is 3.93. The van der Waals surface area contributed by atoms with Gasteiger partial charge in [0.05, 0.1) is 0 Å². The smallest absolute Gasteiger partial charge is 0.349 e. The molecule has 2 rings (SSSR count). The van der Waals surface area contributed by atoms with Crippen LogP contribution in [-0.4, -0.2) is 39.3 Å². The average Bonchev–Trinajstić information content (AvgIpc) is 2.71. The summed E-state index contributed by atoms with van der Waals surface area (Å²) in [6, 6.07) is 1.74. The number of aromatic amines is 1. The van der Waals surface area contributed by atoms with Crippen LogP contribution in [-0.2, 0) is 4.74 Å². The minimum atomic E-state index is -0.266. The van der Waals surface area contributed by atoms with Crippen LogP contribution in [0.15, 0.2) is 10.9 Å². The molecule has 0 bridgehead atoms. The number of ether oxygens (including phenoxy) is 1. The molecule has 0 unspecified atom stereocenters. The Hall–Kier alpha value is -1.89. The van der Waals surface area contributed by atoms with E-state index in [0.717, 1.165) is 32.0 Å². The molecule has 2 aromatic rings. The van der Waals surface area contributed by atoms with Crippen LogP contribution in [0.2, 0.25) is 0 Å². The Labute approximate surface area is 104 Å². The van der Waals surface area contributed by atoms with E-state index in [4.69, 9.17) is 4.74 Å². The summed E-state index contributed by atoms with van der Waals surface area (Å²) in [4.78, 5) is 15.7. The van der Waals surface area contributed by atoms with Gasteiger partial charge in [-0.15, -0.1) is 0 Å². The largest absolute Gasteiger partial charge is 0.382 e. The van der Waals surface area contributed by atoms with Crippen LogP contribution in [0.3, 0.4) is 0 Å². The van der Waals surface area contributed by atoms with Crippen molar-refractivity contribution in [3.63, 3.8) is 0 Å². The molecule has 98 valence electrons. The quantitative estimate of drug-likeness (QED) is 0.733. The van der Waals surface area contributed by atoms with Crippen molar-refractivity contribution in [2.24, 2.45) is 0 Å². The van der Waals surface area contributed by atoms with Gasteiger partial charge in [0, 0.05) is 25.8 Å². The number of nitrogens with one attached hydrogen (secondary N) is 2. The first kappa shape index (κ1) is 12.6. The molecule has 18 heavy (non-hydrogen) atoms. The number of hydrogen-bond donors (Lipinski definition) is 2. The van der Waals surface area contributed by atoms with Gasteiger partial charge in [-0.1, -0.05) is 0 Å². The second-order valence-corrected chi connectivity index (χ2v) is 3.89. The van der Waals surface area contributed by atoms with Crippen LogP contribution in [0.1, 0.15) is 19.2 Å². The van der Waals surface area contributed by atoms with Gasteiger partial charge in [0.15, 0.2) is 5.65 Å². The lowest BCUT2D eigenvalue weighted by molar-refractivity contribution is 0.147. The summed E-state index contributed by atoms with van der Waals surface area (Å²) < 4.78 is 6.68. The lowest BCUT2D eigenvalue weighted by atomic mass is 10.4. The second kappa shape index (κ2) is 5.63. The summed E-state index contributed by atoms with van der Waals surface area (Å²) in [6.45, 7) is 5.99. The van der Waals surface area contributed by atoms with Crippen LogP contribution in [0.5, 0.6) is 0 Å². The zero-order valence-electron chi connectivity index (χ0n) is 10.6. The highest BCUT2D eigenvalue weighted by molar-refractivity contribution is 5.49. The first-order valence-corrected chi connectivity index (χ1v) is 5.98. The first-order valence-electron chi connectivity index (χ1n) is 5.98. The Bertz CT molecular complexity index is 574. The SMILES string of the molecule is CCOCCCNc1cc2n[nH]c(=O)n2c(C)n1. The lowest BCUT2D eigenvalue weighted by Gasteiger charge is -2.07. The lowest BCUT2D eigenvalue weighted by Crippen LogP contribution is -2.14. The number of aromatic nitrogens is 4. The van der Waals surface area contributed by atoms with E-state index in [1.54, 1.807) is 13.0 Å². The summed E-state index contributed by atoms with van der Waals surface area (Å²) >= 11 is 0. The molecule has 0 radical (unpaired) electrons.